The lowest BCUT2D eigenvalue weighted by molar-refractivity contribution is 0.291. The average Bonchev–Trinajstić information content (AvgIpc) is 2.97. The predicted molar refractivity (Wildman–Crippen MR) is 84.3 cm³/mol. The van der Waals surface area contributed by atoms with E-state index in [2.05, 4.69) is 15.5 Å². The van der Waals surface area contributed by atoms with Gasteiger partial charge in [-0.25, -0.2) is 4.68 Å². The fraction of sp³-hybridized carbons (Fsp3) is 0.188. The van der Waals surface area contributed by atoms with Gasteiger partial charge in [0, 0.05) is 17.3 Å². The van der Waals surface area contributed by atoms with Crippen LogP contribution in [0.25, 0.3) is 11.4 Å². The van der Waals surface area contributed by atoms with E-state index in [0.717, 1.165) is 17.1 Å². The zero-order valence-electron chi connectivity index (χ0n) is 12.3. The molecule has 0 aliphatic heterocycles. The zero-order chi connectivity index (χ0) is 15.4. The van der Waals surface area contributed by atoms with Crippen LogP contribution in [0.2, 0.25) is 0 Å². The molecule has 1 aromatic heterocycles. The summed E-state index contributed by atoms with van der Waals surface area (Å²) in [5.74, 6) is 1.47. The van der Waals surface area contributed by atoms with Gasteiger partial charge in [-0.2, -0.15) is 0 Å². The average molecular weight is 295 g/mol. The molecule has 0 amide bonds. The molecule has 6 nitrogen and oxygen atoms in total. The smallest absolute Gasteiger partial charge is 0.182 e. The first-order valence-corrected chi connectivity index (χ1v) is 7.04. The summed E-state index contributed by atoms with van der Waals surface area (Å²) < 4.78 is 7.41. The highest BCUT2D eigenvalue weighted by molar-refractivity contribution is 5.54. The normalized spacial score (nSPS) is 10.6. The van der Waals surface area contributed by atoms with Crippen molar-refractivity contribution < 1.29 is 4.74 Å². The van der Waals surface area contributed by atoms with Gasteiger partial charge in [0.2, 0.25) is 0 Å². The molecule has 0 aliphatic carbocycles. The third-order valence-electron chi connectivity index (χ3n) is 3.27. The second-order valence-corrected chi connectivity index (χ2v) is 5.01. The highest BCUT2D eigenvalue weighted by atomic mass is 16.5. The SMILES string of the molecule is Cc1ccc(-c2nnnn2CCOc2cccc(N)c2)cc1. The Morgan fingerprint density at radius 2 is 1.95 bits per heavy atom. The molecule has 0 bridgehead atoms. The Morgan fingerprint density at radius 1 is 1.14 bits per heavy atom. The maximum atomic E-state index is 5.72. The summed E-state index contributed by atoms with van der Waals surface area (Å²) in [5.41, 5.74) is 8.59. The largest absolute Gasteiger partial charge is 0.492 e. The number of anilines is 1. The van der Waals surface area contributed by atoms with Crippen LogP contribution in [-0.4, -0.2) is 26.8 Å². The fourth-order valence-corrected chi connectivity index (χ4v) is 2.12. The van der Waals surface area contributed by atoms with Gasteiger partial charge < -0.3 is 10.5 Å². The maximum absolute atomic E-state index is 5.72. The number of nitrogens with zero attached hydrogens (tertiary/aromatic N) is 4. The topological polar surface area (TPSA) is 78.8 Å². The van der Waals surface area contributed by atoms with E-state index < -0.39 is 0 Å². The van der Waals surface area contributed by atoms with Gasteiger partial charge >= 0.3 is 0 Å². The van der Waals surface area contributed by atoms with Crippen LogP contribution >= 0.6 is 0 Å². The van der Waals surface area contributed by atoms with Crippen molar-refractivity contribution in [2.24, 2.45) is 0 Å². The van der Waals surface area contributed by atoms with E-state index in [1.165, 1.54) is 5.56 Å². The van der Waals surface area contributed by atoms with Crippen molar-refractivity contribution in [2.75, 3.05) is 12.3 Å². The van der Waals surface area contributed by atoms with Crippen molar-refractivity contribution in [3.8, 4) is 17.1 Å². The van der Waals surface area contributed by atoms with Gasteiger partial charge in [0.05, 0.1) is 6.54 Å². The summed E-state index contributed by atoms with van der Waals surface area (Å²) in [4.78, 5) is 0. The third-order valence-corrected chi connectivity index (χ3v) is 3.27. The summed E-state index contributed by atoms with van der Waals surface area (Å²) in [6, 6.07) is 15.4. The molecule has 0 atom stereocenters. The monoisotopic (exact) mass is 295 g/mol. The molecule has 0 spiro atoms. The Hall–Kier alpha value is -2.89. The number of rotatable bonds is 5. The molecule has 0 unspecified atom stereocenters. The van der Waals surface area contributed by atoms with E-state index >= 15 is 0 Å². The van der Waals surface area contributed by atoms with Crippen molar-refractivity contribution in [2.45, 2.75) is 13.5 Å². The molecule has 0 radical (unpaired) electrons. The molecule has 3 aromatic rings. The number of nitrogens with two attached hydrogens (primary N) is 1. The van der Waals surface area contributed by atoms with Gasteiger partial charge in [-0.15, -0.1) is 5.10 Å². The fourth-order valence-electron chi connectivity index (χ4n) is 2.12. The van der Waals surface area contributed by atoms with Crippen molar-refractivity contribution in [3.05, 3.63) is 54.1 Å². The highest BCUT2D eigenvalue weighted by Gasteiger charge is 2.08. The molecule has 112 valence electrons. The first kappa shape index (κ1) is 14.1. The van der Waals surface area contributed by atoms with Crippen LogP contribution < -0.4 is 10.5 Å². The van der Waals surface area contributed by atoms with E-state index in [9.17, 15) is 0 Å². The van der Waals surface area contributed by atoms with Crippen LogP contribution in [0, 0.1) is 6.92 Å². The minimum Gasteiger partial charge on any atom is -0.492 e. The third kappa shape index (κ3) is 3.22. The molecule has 22 heavy (non-hydrogen) atoms. The zero-order valence-corrected chi connectivity index (χ0v) is 12.3. The lowest BCUT2D eigenvalue weighted by Crippen LogP contribution is -2.11. The molecule has 0 aliphatic rings. The van der Waals surface area contributed by atoms with E-state index in [-0.39, 0.29) is 0 Å². The minimum absolute atomic E-state index is 0.466. The summed E-state index contributed by atoms with van der Waals surface area (Å²) in [6.45, 7) is 3.07. The van der Waals surface area contributed by atoms with Crippen molar-refractivity contribution in [1.29, 1.82) is 0 Å². The van der Waals surface area contributed by atoms with Crippen LogP contribution in [0.4, 0.5) is 5.69 Å². The molecular weight excluding hydrogens is 278 g/mol. The van der Waals surface area contributed by atoms with Gasteiger partial charge in [-0.05, 0) is 29.5 Å². The number of aromatic nitrogens is 4. The van der Waals surface area contributed by atoms with Gasteiger partial charge in [-0.3, -0.25) is 0 Å². The molecular formula is C16H17N5O. The molecule has 0 saturated heterocycles. The predicted octanol–water partition coefficient (Wildman–Crippen LogP) is 2.31. The summed E-state index contributed by atoms with van der Waals surface area (Å²) in [7, 11) is 0. The number of aryl methyl sites for hydroxylation is 1. The van der Waals surface area contributed by atoms with Crippen LogP contribution in [0.5, 0.6) is 5.75 Å². The summed E-state index contributed by atoms with van der Waals surface area (Å²) in [6.07, 6.45) is 0. The minimum atomic E-state index is 0.466. The van der Waals surface area contributed by atoms with Crippen molar-refractivity contribution in [1.82, 2.24) is 20.2 Å². The van der Waals surface area contributed by atoms with E-state index in [0.29, 0.717) is 18.8 Å². The van der Waals surface area contributed by atoms with Crippen molar-refractivity contribution in [3.63, 3.8) is 0 Å². The van der Waals surface area contributed by atoms with E-state index in [1.54, 1.807) is 10.7 Å². The molecule has 2 aromatic carbocycles. The molecule has 3 rings (SSSR count). The van der Waals surface area contributed by atoms with Gasteiger partial charge in [0.15, 0.2) is 5.82 Å². The molecule has 1 heterocycles. The number of hydrogen-bond acceptors (Lipinski definition) is 5. The Kier molecular flexibility index (Phi) is 4.00. The Bertz CT molecular complexity index is 751. The number of benzene rings is 2. The van der Waals surface area contributed by atoms with E-state index in [4.69, 9.17) is 10.5 Å². The first-order valence-electron chi connectivity index (χ1n) is 7.04. The van der Waals surface area contributed by atoms with Gasteiger partial charge in [-0.1, -0.05) is 35.9 Å². The van der Waals surface area contributed by atoms with Crippen molar-refractivity contribution >= 4 is 5.69 Å². The second kappa shape index (κ2) is 6.26. The summed E-state index contributed by atoms with van der Waals surface area (Å²) >= 11 is 0. The molecule has 0 fully saturated rings. The van der Waals surface area contributed by atoms with Crippen LogP contribution in [0.15, 0.2) is 48.5 Å². The standard InChI is InChI=1S/C16H17N5O/c1-12-5-7-13(8-6-12)16-18-19-20-21(16)9-10-22-15-4-2-3-14(17)11-15/h2-8,11H,9-10,17H2,1H3. The second-order valence-electron chi connectivity index (χ2n) is 5.01. The van der Waals surface area contributed by atoms with Crippen LogP contribution in [-0.2, 0) is 6.54 Å². The van der Waals surface area contributed by atoms with Gasteiger partial charge in [0.25, 0.3) is 0 Å². The number of tetrazole rings is 1. The highest BCUT2D eigenvalue weighted by Crippen LogP contribution is 2.17. The lowest BCUT2D eigenvalue weighted by atomic mass is 10.1. The Balaban J connectivity index is 1.66. The molecule has 0 saturated carbocycles. The Morgan fingerprint density at radius 3 is 2.73 bits per heavy atom. The summed E-state index contributed by atoms with van der Waals surface area (Å²) in [5, 5.41) is 11.8. The molecule has 2 N–H and O–H groups in total. The molecule has 6 heteroatoms. The van der Waals surface area contributed by atoms with Gasteiger partial charge in [0.1, 0.15) is 12.4 Å². The number of ether oxygens (including phenoxy) is 1. The number of nitrogen functional groups attached to an aromatic ring is 1. The van der Waals surface area contributed by atoms with Crippen LogP contribution in [0.1, 0.15) is 5.56 Å². The maximum Gasteiger partial charge on any atom is 0.182 e. The van der Waals surface area contributed by atoms with Crippen LogP contribution in [0.3, 0.4) is 0 Å². The quantitative estimate of drug-likeness (QED) is 0.731. The Labute approximate surface area is 128 Å². The first-order chi connectivity index (χ1) is 10.7. The lowest BCUT2D eigenvalue weighted by Gasteiger charge is -2.08. The van der Waals surface area contributed by atoms with E-state index in [1.807, 2.05) is 49.4 Å². The number of hydrogen-bond donors (Lipinski definition) is 1.